The van der Waals surface area contributed by atoms with E-state index in [2.05, 4.69) is 6.58 Å². The van der Waals surface area contributed by atoms with Crippen LogP contribution in [0.4, 0.5) is 0 Å². The fourth-order valence-electron chi connectivity index (χ4n) is 0.680. The van der Waals surface area contributed by atoms with Crippen LogP contribution >= 0.6 is 0 Å². The molecular weight excluding hydrogens is 168 g/mol. The van der Waals surface area contributed by atoms with Crippen LogP contribution in [-0.2, 0) is 14.3 Å². The van der Waals surface area contributed by atoms with Crippen molar-refractivity contribution < 1.29 is 14.3 Å². The summed E-state index contributed by atoms with van der Waals surface area (Å²) in [5.74, 6) is -0.527. The zero-order chi connectivity index (χ0) is 10.3. The summed E-state index contributed by atoms with van der Waals surface area (Å²) in [7, 11) is 0. The minimum Gasteiger partial charge on any atom is -0.465 e. The Morgan fingerprint density at radius 3 is 2.46 bits per heavy atom. The summed E-state index contributed by atoms with van der Waals surface area (Å²) < 4.78 is 4.85. The molecular formula is C10H16O3. The third-order valence-electron chi connectivity index (χ3n) is 1.62. The van der Waals surface area contributed by atoms with Gasteiger partial charge in [0.25, 0.3) is 0 Å². The van der Waals surface area contributed by atoms with Crippen LogP contribution in [0.25, 0.3) is 0 Å². The quantitative estimate of drug-likeness (QED) is 0.359. The van der Waals surface area contributed by atoms with Gasteiger partial charge in [-0.2, -0.15) is 0 Å². The van der Waals surface area contributed by atoms with Crippen molar-refractivity contribution in [3.05, 3.63) is 12.2 Å². The van der Waals surface area contributed by atoms with Gasteiger partial charge in [-0.15, -0.1) is 0 Å². The van der Waals surface area contributed by atoms with Crippen LogP contribution in [0.15, 0.2) is 12.2 Å². The van der Waals surface area contributed by atoms with Gasteiger partial charge in [-0.3, -0.25) is 9.59 Å². The number of ketones is 1. The van der Waals surface area contributed by atoms with Crippen molar-refractivity contribution in [1.29, 1.82) is 0 Å². The molecule has 0 aromatic carbocycles. The topological polar surface area (TPSA) is 43.4 Å². The maximum Gasteiger partial charge on any atom is 0.310 e. The molecule has 0 saturated carbocycles. The van der Waals surface area contributed by atoms with Gasteiger partial charge in [0.1, 0.15) is 0 Å². The minimum atomic E-state index is -0.367. The van der Waals surface area contributed by atoms with E-state index in [0.717, 1.165) is 12.8 Å². The molecule has 0 amide bonds. The molecule has 0 aliphatic rings. The lowest BCUT2D eigenvalue weighted by atomic mass is 10.1. The number of rotatable bonds is 6. The van der Waals surface area contributed by atoms with Gasteiger partial charge in [-0.05, 0) is 18.9 Å². The Kier molecular flexibility index (Phi) is 5.85. The second-order valence-corrected chi connectivity index (χ2v) is 2.91. The Labute approximate surface area is 78.8 Å². The molecule has 0 bridgehead atoms. The average molecular weight is 184 g/mol. The summed E-state index contributed by atoms with van der Waals surface area (Å²) in [5, 5.41) is 0. The first-order chi connectivity index (χ1) is 6.07. The third kappa shape index (κ3) is 6.08. The SMILES string of the molecule is C=C(CC(=O)OCCCC)C(C)=O. The molecule has 13 heavy (non-hydrogen) atoms. The average Bonchev–Trinajstić information content (AvgIpc) is 2.04. The molecule has 0 aromatic heterocycles. The van der Waals surface area contributed by atoms with E-state index in [0.29, 0.717) is 12.2 Å². The van der Waals surface area contributed by atoms with Crippen LogP contribution in [-0.4, -0.2) is 18.4 Å². The lowest BCUT2D eigenvalue weighted by molar-refractivity contribution is -0.143. The number of hydrogen-bond donors (Lipinski definition) is 0. The zero-order valence-electron chi connectivity index (χ0n) is 8.26. The maximum absolute atomic E-state index is 11.0. The van der Waals surface area contributed by atoms with Crippen molar-refractivity contribution >= 4 is 11.8 Å². The lowest BCUT2D eigenvalue weighted by Gasteiger charge is -2.03. The third-order valence-corrected chi connectivity index (χ3v) is 1.62. The fraction of sp³-hybridized carbons (Fsp3) is 0.600. The van der Waals surface area contributed by atoms with Gasteiger partial charge in [0.05, 0.1) is 13.0 Å². The van der Waals surface area contributed by atoms with Crippen molar-refractivity contribution in [2.24, 2.45) is 0 Å². The number of esters is 1. The number of ether oxygens (including phenoxy) is 1. The molecule has 0 fully saturated rings. The highest BCUT2D eigenvalue weighted by atomic mass is 16.5. The molecule has 0 heterocycles. The van der Waals surface area contributed by atoms with Gasteiger partial charge < -0.3 is 4.74 Å². The normalized spacial score (nSPS) is 9.38. The van der Waals surface area contributed by atoms with Gasteiger partial charge >= 0.3 is 5.97 Å². The minimum absolute atomic E-state index is 0.0129. The molecule has 0 aliphatic carbocycles. The van der Waals surface area contributed by atoms with Gasteiger partial charge in [0.2, 0.25) is 0 Å². The zero-order valence-corrected chi connectivity index (χ0v) is 8.26. The summed E-state index contributed by atoms with van der Waals surface area (Å²) in [6.07, 6.45) is 1.86. The Morgan fingerprint density at radius 2 is 2.00 bits per heavy atom. The molecule has 0 aromatic rings. The van der Waals surface area contributed by atoms with Gasteiger partial charge in [-0.25, -0.2) is 0 Å². The van der Waals surface area contributed by atoms with Crippen molar-refractivity contribution in [3.63, 3.8) is 0 Å². The van der Waals surface area contributed by atoms with Gasteiger partial charge in [0, 0.05) is 0 Å². The highest BCUT2D eigenvalue weighted by Crippen LogP contribution is 2.01. The number of carbonyl (C=O) groups is 2. The molecule has 0 rings (SSSR count). The number of carbonyl (C=O) groups excluding carboxylic acids is 2. The fourth-order valence-corrected chi connectivity index (χ4v) is 0.680. The Hall–Kier alpha value is -1.12. The van der Waals surface area contributed by atoms with Gasteiger partial charge in [0.15, 0.2) is 5.78 Å². The molecule has 3 nitrogen and oxygen atoms in total. The molecule has 0 spiro atoms. The van der Waals surface area contributed by atoms with Crippen LogP contribution in [0, 0.1) is 0 Å². The predicted molar refractivity (Wildman–Crippen MR) is 50.3 cm³/mol. The highest BCUT2D eigenvalue weighted by molar-refractivity contribution is 5.96. The molecule has 3 heteroatoms. The standard InChI is InChI=1S/C10H16O3/c1-4-5-6-13-10(12)7-8(2)9(3)11/h2,4-7H2,1,3H3. The smallest absolute Gasteiger partial charge is 0.310 e. The summed E-state index contributed by atoms with van der Waals surface area (Å²) in [4.78, 5) is 21.7. The second-order valence-electron chi connectivity index (χ2n) is 2.91. The van der Waals surface area contributed by atoms with E-state index >= 15 is 0 Å². The van der Waals surface area contributed by atoms with E-state index in [1.54, 1.807) is 0 Å². The summed E-state index contributed by atoms with van der Waals surface area (Å²) in [6, 6.07) is 0. The first kappa shape index (κ1) is 11.9. The number of hydrogen-bond acceptors (Lipinski definition) is 3. The van der Waals surface area contributed by atoms with Crippen LogP contribution in [0.5, 0.6) is 0 Å². The summed E-state index contributed by atoms with van der Waals surface area (Å²) in [5.41, 5.74) is 0.307. The van der Waals surface area contributed by atoms with E-state index in [1.807, 2.05) is 6.92 Å². The van der Waals surface area contributed by atoms with Crippen molar-refractivity contribution in [1.82, 2.24) is 0 Å². The molecule has 0 aliphatic heterocycles. The monoisotopic (exact) mass is 184 g/mol. The van der Waals surface area contributed by atoms with E-state index in [4.69, 9.17) is 4.74 Å². The van der Waals surface area contributed by atoms with Crippen molar-refractivity contribution in [3.8, 4) is 0 Å². The first-order valence-corrected chi connectivity index (χ1v) is 4.42. The Bertz CT molecular complexity index is 206. The van der Waals surface area contributed by atoms with Crippen LogP contribution < -0.4 is 0 Å². The Morgan fingerprint density at radius 1 is 1.38 bits per heavy atom. The van der Waals surface area contributed by atoms with E-state index in [1.165, 1.54) is 6.92 Å². The predicted octanol–water partition coefficient (Wildman–Crippen LogP) is 1.86. The summed E-state index contributed by atoms with van der Waals surface area (Å²) >= 11 is 0. The van der Waals surface area contributed by atoms with E-state index in [9.17, 15) is 9.59 Å². The summed E-state index contributed by atoms with van der Waals surface area (Å²) in [6.45, 7) is 7.31. The highest BCUT2D eigenvalue weighted by Gasteiger charge is 2.08. The lowest BCUT2D eigenvalue weighted by Crippen LogP contribution is -2.09. The van der Waals surface area contributed by atoms with Crippen LogP contribution in [0.3, 0.4) is 0 Å². The number of Topliss-reactive ketones (excluding diaryl/α,β-unsaturated/α-hetero) is 1. The molecule has 0 saturated heterocycles. The largest absolute Gasteiger partial charge is 0.465 e. The second kappa shape index (κ2) is 6.40. The van der Waals surface area contributed by atoms with Crippen molar-refractivity contribution in [2.45, 2.75) is 33.1 Å². The molecule has 0 N–H and O–H groups in total. The Balaban J connectivity index is 3.62. The molecule has 0 atom stereocenters. The maximum atomic E-state index is 11.0. The van der Waals surface area contributed by atoms with Crippen molar-refractivity contribution in [2.75, 3.05) is 6.61 Å². The van der Waals surface area contributed by atoms with E-state index in [-0.39, 0.29) is 18.2 Å². The molecule has 74 valence electrons. The molecule has 0 radical (unpaired) electrons. The molecule has 0 unspecified atom stereocenters. The van der Waals surface area contributed by atoms with E-state index < -0.39 is 0 Å². The van der Waals surface area contributed by atoms with Crippen LogP contribution in [0.1, 0.15) is 33.1 Å². The van der Waals surface area contributed by atoms with Crippen LogP contribution in [0.2, 0.25) is 0 Å². The van der Waals surface area contributed by atoms with Gasteiger partial charge in [-0.1, -0.05) is 19.9 Å². The first-order valence-electron chi connectivity index (χ1n) is 4.42. The number of unbranched alkanes of at least 4 members (excludes halogenated alkanes) is 1.